The first kappa shape index (κ1) is 52.6. The average Bonchev–Trinajstić information content (AvgIpc) is 4.17. The predicted molar refractivity (Wildman–Crippen MR) is 260 cm³/mol. The topological polar surface area (TPSA) is 228 Å². The molecule has 11 N–H and O–H groups in total. The molecule has 19 nitrogen and oxygen atoms in total. The highest BCUT2D eigenvalue weighted by atomic mass is 32.2. The molecule has 67 heavy (non-hydrogen) atoms. The summed E-state index contributed by atoms with van der Waals surface area (Å²) < 4.78 is 5.74. The Balaban J connectivity index is 0.751. The number of hydrazine groups is 3. The third kappa shape index (κ3) is 14.5. The summed E-state index contributed by atoms with van der Waals surface area (Å²) in [6.45, 7) is 16.0. The van der Waals surface area contributed by atoms with E-state index in [1.807, 2.05) is 37.5 Å². The molecule has 4 amide bonds. The van der Waals surface area contributed by atoms with E-state index in [1.165, 1.54) is 17.7 Å². The molecule has 5 saturated heterocycles. The Labute approximate surface area is 404 Å². The second-order valence-corrected chi connectivity index (χ2v) is 23.0. The number of likely N-dealkylation sites (tertiary alicyclic amines) is 1. The van der Waals surface area contributed by atoms with Gasteiger partial charge in [-0.1, -0.05) is 47.5 Å². The van der Waals surface area contributed by atoms with Gasteiger partial charge in [0.15, 0.2) is 0 Å². The van der Waals surface area contributed by atoms with Crippen LogP contribution in [0.1, 0.15) is 119 Å². The summed E-state index contributed by atoms with van der Waals surface area (Å²) in [4.78, 5) is 55.1. The van der Waals surface area contributed by atoms with Crippen LogP contribution in [0.3, 0.4) is 0 Å². The number of amides is 4. The van der Waals surface area contributed by atoms with Crippen molar-refractivity contribution in [2.45, 2.75) is 185 Å². The second kappa shape index (κ2) is 24.8. The number of hydrogen-bond acceptors (Lipinski definition) is 16. The van der Waals surface area contributed by atoms with E-state index >= 15 is 0 Å². The van der Waals surface area contributed by atoms with Gasteiger partial charge in [-0.25, -0.2) is 15.4 Å². The molecule has 5 aliphatic heterocycles. The minimum absolute atomic E-state index is 0.000218. The zero-order valence-electron chi connectivity index (χ0n) is 41.4. The molecule has 0 bridgehead atoms. The Bertz CT molecular complexity index is 1620. The summed E-state index contributed by atoms with van der Waals surface area (Å²) in [5.41, 5.74) is 9.29. The molecule has 0 radical (unpaired) electrons. The number of carbonyl (C=O) groups is 4. The fourth-order valence-electron chi connectivity index (χ4n) is 11.8. The maximum atomic E-state index is 14.1. The number of nitrogens with zero attached hydrogens (tertiary/aromatic N) is 3. The average molecular weight is 962 g/mol. The normalized spacial score (nSPS) is 34.4. The van der Waals surface area contributed by atoms with Gasteiger partial charge in [0.25, 0.3) is 0 Å². The van der Waals surface area contributed by atoms with Crippen LogP contribution < -0.4 is 53.6 Å². The van der Waals surface area contributed by atoms with Crippen molar-refractivity contribution in [3.05, 3.63) is 0 Å². The van der Waals surface area contributed by atoms with Gasteiger partial charge in [0.1, 0.15) is 18.7 Å². The van der Waals surface area contributed by atoms with Crippen LogP contribution in [0.15, 0.2) is 0 Å². The maximum absolute atomic E-state index is 14.1. The highest BCUT2D eigenvalue weighted by Crippen LogP contribution is 2.39. The molecule has 0 aromatic heterocycles. The van der Waals surface area contributed by atoms with E-state index in [0.717, 1.165) is 70.2 Å². The Morgan fingerprint density at radius 2 is 1.69 bits per heavy atom. The van der Waals surface area contributed by atoms with E-state index in [-0.39, 0.29) is 56.5 Å². The molecule has 0 aromatic carbocycles. The minimum Gasteiger partial charge on any atom is -0.391 e. The largest absolute Gasteiger partial charge is 0.391 e. The number of fused-ring (bicyclic) bond motifs is 1. The minimum atomic E-state index is -0.917. The summed E-state index contributed by atoms with van der Waals surface area (Å²) in [6, 6.07) is 0.0934. The molecular formula is C47H87N13O6S. The first-order valence-electron chi connectivity index (χ1n) is 26.0. The molecule has 382 valence electrons. The third-order valence-corrected chi connectivity index (χ3v) is 17.3. The van der Waals surface area contributed by atoms with Gasteiger partial charge in [0, 0.05) is 81.0 Å². The van der Waals surface area contributed by atoms with E-state index in [1.54, 1.807) is 0 Å². The zero-order chi connectivity index (χ0) is 47.7. The molecule has 0 aromatic rings. The predicted octanol–water partition coefficient (Wildman–Crippen LogP) is 0.0398. The standard InChI is InChI=1S/C47H87N13O6S/c1-7-31(8-2)37-21-40(60-39(54-37)15-16-52-60)53-34-14-13-33(19-34)48-24-41(62)49-23-35-25-58(57-56-35)17-18-66-27-42(63)55-44(47(4,5)6)46(65)59-26-36(61)20-38(59)45(64)50-22-30-9-11-32(12-10-30)43-29(3)51-28-67-43/h29-40,43-44,48,51-54,56-57,61H,7-28H2,1-6H3,(H,49,62)(H,50,64)(H,55,63)/t29?,30?,32?,33-,34-,35?,36+,37?,38-,39?,40?,43?,44+/m0/s1. The Morgan fingerprint density at radius 3 is 2.42 bits per heavy atom. The van der Waals surface area contributed by atoms with Crippen LogP contribution in [0.25, 0.3) is 0 Å². The number of aliphatic hydroxyl groups is 1. The van der Waals surface area contributed by atoms with Gasteiger partial charge in [0.05, 0.1) is 37.6 Å². The number of hydrogen-bond donors (Lipinski definition) is 11. The highest BCUT2D eigenvalue weighted by Gasteiger charge is 2.45. The number of aliphatic hydroxyl groups excluding tert-OH is 1. The smallest absolute Gasteiger partial charge is 0.246 e. The van der Waals surface area contributed by atoms with Crippen LogP contribution in [0.5, 0.6) is 0 Å². The first-order chi connectivity index (χ1) is 32.2. The van der Waals surface area contributed by atoms with E-state index in [9.17, 15) is 24.3 Å². The summed E-state index contributed by atoms with van der Waals surface area (Å²) >= 11 is 2.03. The van der Waals surface area contributed by atoms with E-state index in [0.29, 0.717) is 85.7 Å². The molecule has 6 unspecified atom stereocenters. The Kier molecular flexibility index (Phi) is 19.4. The van der Waals surface area contributed by atoms with Crippen molar-refractivity contribution >= 4 is 35.4 Å². The van der Waals surface area contributed by atoms with Gasteiger partial charge in [-0.15, -0.1) is 11.8 Å². The summed E-state index contributed by atoms with van der Waals surface area (Å²) in [5.74, 6) is 1.74. The molecule has 5 heterocycles. The molecule has 11 atom stereocenters. The van der Waals surface area contributed by atoms with Crippen molar-refractivity contribution in [3.8, 4) is 0 Å². The zero-order valence-corrected chi connectivity index (χ0v) is 42.2. The number of carbonyl (C=O) groups excluding carboxylic acids is 4. The van der Waals surface area contributed by atoms with E-state index in [4.69, 9.17) is 4.74 Å². The lowest BCUT2D eigenvalue weighted by Crippen LogP contribution is -2.66. The van der Waals surface area contributed by atoms with Crippen LogP contribution in [0, 0.1) is 23.2 Å². The summed E-state index contributed by atoms with van der Waals surface area (Å²) in [7, 11) is 0. The lowest BCUT2D eigenvalue weighted by atomic mass is 9.79. The van der Waals surface area contributed by atoms with Gasteiger partial charge in [0.2, 0.25) is 23.6 Å². The van der Waals surface area contributed by atoms with Gasteiger partial charge in [-0.05, 0) is 87.9 Å². The fraction of sp³-hybridized carbons (Fsp3) is 0.915. The van der Waals surface area contributed by atoms with Crippen LogP contribution >= 0.6 is 11.8 Å². The maximum Gasteiger partial charge on any atom is 0.246 e. The van der Waals surface area contributed by atoms with Crippen molar-refractivity contribution in [1.29, 1.82) is 0 Å². The molecular weight excluding hydrogens is 875 g/mol. The van der Waals surface area contributed by atoms with Gasteiger partial charge >= 0.3 is 0 Å². The number of nitrogens with one attached hydrogen (secondary N) is 10. The van der Waals surface area contributed by atoms with Crippen molar-refractivity contribution in [3.63, 3.8) is 0 Å². The SMILES string of the molecule is CCC(CC)C1CC(N[C@H]2CC[C@H](NCC(=O)NCC3CN(CCOCC(=O)N[C@H](C(=O)N4C[C@H](O)C[C@H]4C(=O)NCC4CCC(C5SCNC5C)CC4)C(C)(C)C)NN3)C2)N2NCCC2N1. The molecule has 2 aliphatic carbocycles. The van der Waals surface area contributed by atoms with Crippen molar-refractivity contribution < 1.29 is 29.0 Å². The summed E-state index contributed by atoms with van der Waals surface area (Å²) in [6.07, 6.45) is 12.3. The lowest BCUT2D eigenvalue weighted by Gasteiger charge is -2.45. The lowest BCUT2D eigenvalue weighted by molar-refractivity contribution is -0.144. The van der Waals surface area contributed by atoms with Crippen LogP contribution in [0.4, 0.5) is 0 Å². The third-order valence-electron chi connectivity index (χ3n) is 15.8. The van der Waals surface area contributed by atoms with Crippen LogP contribution in [0.2, 0.25) is 0 Å². The Hall–Kier alpha value is -2.21. The summed E-state index contributed by atoms with van der Waals surface area (Å²) in [5, 5.41) is 39.6. The molecule has 2 saturated carbocycles. The molecule has 7 aliphatic rings. The van der Waals surface area contributed by atoms with Crippen molar-refractivity contribution in [2.75, 3.05) is 64.9 Å². The molecule has 7 fully saturated rings. The van der Waals surface area contributed by atoms with Crippen molar-refractivity contribution in [1.82, 2.24) is 68.5 Å². The van der Waals surface area contributed by atoms with Crippen LogP contribution in [-0.4, -0.2) is 175 Å². The van der Waals surface area contributed by atoms with E-state index < -0.39 is 29.5 Å². The number of β-amino-alcohol motifs (C(OH)–C–C–N with tert-alkyl or cyclic N) is 1. The number of ether oxygens (including phenoxy) is 1. The highest BCUT2D eigenvalue weighted by molar-refractivity contribution is 8.00. The quantitative estimate of drug-likeness (QED) is 0.0684. The number of thioether (sulfide) groups is 1. The second-order valence-electron chi connectivity index (χ2n) is 21.8. The van der Waals surface area contributed by atoms with Gasteiger partial charge < -0.3 is 41.3 Å². The molecule has 20 heteroatoms. The van der Waals surface area contributed by atoms with Crippen molar-refractivity contribution in [2.24, 2.45) is 23.2 Å². The first-order valence-corrected chi connectivity index (χ1v) is 27.0. The molecule has 7 rings (SSSR count). The number of rotatable bonds is 21. The van der Waals surface area contributed by atoms with Gasteiger partial charge in [-0.2, -0.15) is 5.53 Å². The monoisotopic (exact) mass is 962 g/mol. The fourth-order valence-corrected chi connectivity index (χ4v) is 13.3. The Morgan fingerprint density at radius 1 is 0.910 bits per heavy atom. The molecule has 0 spiro atoms. The van der Waals surface area contributed by atoms with Crippen LogP contribution in [-0.2, 0) is 23.9 Å². The van der Waals surface area contributed by atoms with E-state index in [2.05, 4.69) is 79.4 Å². The van der Waals surface area contributed by atoms with Gasteiger partial charge in [-0.3, -0.25) is 35.2 Å².